The van der Waals surface area contributed by atoms with Crippen molar-refractivity contribution in [2.45, 2.75) is 39.3 Å². The lowest BCUT2D eigenvalue weighted by Crippen LogP contribution is -2.47. The van der Waals surface area contributed by atoms with Crippen molar-refractivity contribution in [3.63, 3.8) is 0 Å². The maximum Gasteiger partial charge on any atom is 0.326 e. The van der Waals surface area contributed by atoms with E-state index >= 15 is 0 Å². The Morgan fingerprint density at radius 3 is 2.45 bits per heavy atom. The van der Waals surface area contributed by atoms with Gasteiger partial charge in [0.2, 0.25) is 0 Å². The number of carboxylic acids is 1. The van der Waals surface area contributed by atoms with E-state index in [1.165, 1.54) is 0 Å². The van der Waals surface area contributed by atoms with E-state index < -0.39 is 18.0 Å². The summed E-state index contributed by atoms with van der Waals surface area (Å²) in [4.78, 5) is 24.9. The molecule has 1 rings (SSSR count). The highest BCUT2D eigenvalue weighted by Gasteiger charge is 2.21. The number of aryl methyl sites for hydroxylation is 2. The van der Waals surface area contributed by atoms with Gasteiger partial charge in [-0.3, -0.25) is 0 Å². The lowest BCUT2D eigenvalue weighted by molar-refractivity contribution is -0.139. The third kappa shape index (κ3) is 4.50. The maximum absolute atomic E-state index is 11.8. The molecule has 1 heterocycles. The molecular formula is C13H20N2O4S. The minimum Gasteiger partial charge on any atom is -0.480 e. The van der Waals surface area contributed by atoms with Gasteiger partial charge in [-0.2, -0.15) is 0 Å². The van der Waals surface area contributed by atoms with Crippen LogP contribution < -0.4 is 10.6 Å². The summed E-state index contributed by atoms with van der Waals surface area (Å²) in [6, 6.07) is 0.163. The number of carbonyl (C=O) groups is 2. The molecule has 2 atom stereocenters. The zero-order valence-corrected chi connectivity index (χ0v) is 12.6. The summed E-state index contributed by atoms with van der Waals surface area (Å²) in [5, 5.41) is 22.7. The standard InChI is InChI=1S/C13H20N2O4S/c1-7-6-10(9(3)20-7)8(2)14-13(19)15-11(4-5-16)12(17)18/h6,8,11,16H,4-5H2,1-3H3,(H,17,18)(H2,14,15,19)/t8?,11-/m1/s1. The summed E-state index contributed by atoms with van der Waals surface area (Å²) < 4.78 is 0. The minimum atomic E-state index is -1.16. The highest BCUT2D eigenvalue weighted by Crippen LogP contribution is 2.25. The van der Waals surface area contributed by atoms with Crippen molar-refractivity contribution in [2.75, 3.05) is 6.61 Å². The van der Waals surface area contributed by atoms with Crippen LogP contribution in [0.1, 0.15) is 34.7 Å². The molecule has 2 amide bonds. The number of thiophene rings is 1. The summed E-state index contributed by atoms with van der Waals surface area (Å²) in [7, 11) is 0. The van der Waals surface area contributed by atoms with Gasteiger partial charge in [0.05, 0.1) is 6.04 Å². The van der Waals surface area contributed by atoms with Crippen LogP contribution in [0, 0.1) is 13.8 Å². The summed E-state index contributed by atoms with van der Waals surface area (Å²) in [5.41, 5.74) is 1.02. The van der Waals surface area contributed by atoms with Gasteiger partial charge in [-0.1, -0.05) is 0 Å². The Morgan fingerprint density at radius 1 is 1.35 bits per heavy atom. The lowest BCUT2D eigenvalue weighted by atomic mass is 10.1. The van der Waals surface area contributed by atoms with Gasteiger partial charge in [0.15, 0.2) is 0 Å². The van der Waals surface area contributed by atoms with Crippen LogP contribution in [0.25, 0.3) is 0 Å². The summed E-state index contributed by atoms with van der Waals surface area (Å²) in [5.74, 6) is -1.16. The van der Waals surface area contributed by atoms with Crippen molar-refractivity contribution in [3.05, 3.63) is 21.4 Å². The van der Waals surface area contributed by atoms with Gasteiger partial charge in [0.1, 0.15) is 6.04 Å². The van der Waals surface area contributed by atoms with E-state index in [2.05, 4.69) is 10.6 Å². The molecule has 6 nitrogen and oxygen atoms in total. The molecule has 20 heavy (non-hydrogen) atoms. The second kappa shape index (κ2) is 7.25. The highest BCUT2D eigenvalue weighted by atomic mass is 32.1. The Bertz CT molecular complexity index is 487. The van der Waals surface area contributed by atoms with E-state index in [1.54, 1.807) is 11.3 Å². The van der Waals surface area contributed by atoms with Crippen molar-refractivity contribution in [2.24, 2.45) is 0 Å². The van der Waals surface area contributed by atoms with Gasteiger partial charge >= 0.3 is 12.0 Å². The fourth-order valence-corrected chi connectivity index (χ4v) is 2.96. The number of amides is 2. The minimum absolute atomic E-state index is 0.0201. The highest BCUT2D eigenvalue weighted by molar-refractivity contribution is 7.12. The SMILES string of the molecule is Cc1cc(C(C)NC(=O)N[C@H](CCO)C(=O)O)c(C)s1. The maximum atomic E-state index is 11.8. The number of aliphatic carboxylic acids is 1. The molecule has 1 unspecified atom stereocenters. The summed E-state index contributed by atoms with van der Waals surface area (Å²) >= 11 is 1.65. The van der Waals surface area contributed by atoms with Crippen LogP contribution in [0.5, 0.6) is 0 Å². The van der Waals surface area contributed by atoms with Crippen LogP contribution in [0.3, 0.4) is 0 Å². The van der Waals surface area contributed by atoms with Gasteiger partial charge in [0, 0.05) is 22.8 Å². The lowest BCUT2D eigenvalue weighted by Gasteiger charge is -2.18. The first-order valence-electron chi connectivity index (χ1n) is 6.32. The Balaban J connectivity index is 2.61. The van der Waals surface area contributed by atoms with E-state index in [9.17, 15) is 9.59 Å². The van der Waals surface area contributed by atoms with Crippen LogP contribution in [0.2, 0.25) is 0 Å². The van der Waals surface area contributed by atoms with E-state index in [0.29, 0.717) is 0 Å². The van der Waals surface area contributed by atoms with E-state index in [0.717, 1.165) is 15.3 Å². The van der Waals surface area contributed by atoms with Gasteiger partial charge < -0.3 is 20.8 Å². The number of rotatable bonds is 6. The predicted octanol–water partition coefficient (Wildman–Crippen LogP) is 1.56. The predicted molar refractivity (Wildman–Crippen MR) is 77.0 cm³/mol. The Labute approximate surface area is 121 Å². The molecule has 0 aliphatic heterocycles. The molecule has 4 N–H and O–H groups in total. The molecular weight excluding hydrogens is 280 g/mol. The third-order valence-electron chi connectivity index (χ3n) is 2.91. The fraction of sp³-hybridized carbons (Fsp3) is 0.538. The average molecular weight is 300 g/mol. The Hall–Kier alpha value is -1.60. The van der Waals surface area contributed by atoms with E-state index in [4.69, 9.17) is 10.2 Å². The average Bonchev–Trinajstić information content (AvgIpc) is 2.67. The van der Waals surface area contributed by atoms with Gasteiger partial charge in [0.25, 0.3) is 0 Å². The molecule has 0 spiro atoms. The normalized spacial score (nSPS) is 13.6. The molecule has 7 heteroatoms. The largest absolute Gasteiger partial charge is 0.480 e. The van der Waals surface area contributed by atoms with Crippen molar-refractivity contribution in [1.29, 1.82) is 0 Å². The molecule has 0 aromatic carbocycles. The molecule has 0 saturated heterocycles. The van der Waals surface area contributed by atoms with Crippen molar-refractivity contribution < 1.29 is 19.8 Å². The van der Waals surface area contributed by atoms with Gasteiger partial charge in [-0.15, -0.1) is 11.3 Å². The summed E-state index contributed by atoms with van der Waals surface area (Å²) in [6.45, 7) is 5.52. The molecule has 112 valence electrons. The molecule has 0 radical (unpaired) electrons. The zero-order chi connectivity index (χ0) is 15.3. The Morgan fingerprint density at radius 2 is 2.00 bits per heavy atom. The number of carboxylic acid groups (broad SMARTS) is 1. The molecule has 0 fully saturated rings. The second-order valence-electron chi connectivity index (χ2n) is 4.61. The molecule has 1 aromatic heterocycles. The molecule has 0 bridgehead atoms. The first kappa shape index (κ1) is 16.5. The topological polar surface area (TPSA) is 98.7 Å². The molecule has 0 aliphatic carbocycles. The number of aliphatic hydroxyl groups is 1. The van der Waals surface area contributed by atoms with Crippen molar-refractivity contribution >= 4 is 23.3 Å². The van der Waals surface area contributed by atoms with Crippen LogP contribution >= 0.6 is 11.3 Å². The number of urea groups is 1. The number of hydrogen-bond acceptors (Lipinski definition) is 4. The smallest absolute Gasteiger partial charge is 0.326 e. The first-order chi connectivity index (χ1) is 9.35. The third-order valence-corrected chi connectivity index (χ3v) is 3.90. The van der Waals surface area contributed by atoms with Crippen LogP contribution in [-0.4, -0.2) is 34.9 Å². The monoisotopic (exact) mass is 300 g/mol. The van der Waals surface area contributed by atoms with Crippen molar-refractivity contribution in [1.82, 2.24) is 10.6 Å². The van der Waals surface area contributed by atoms with Gasteiger partial charge in [-0.25, -0.2) is 9.59 Å². The number of carbonyl (C=O) groups excluding carboxylic acids is 1. The molecule has 0 aliphatic rings. The van der Waals surface area contributed by atoms with Crippen LogP contribution in [0.4, 0.5) is 4.79 Å². The summed E-state index contributed by atoms with van der Waals surface area (Å²) in [6.07, 6.45) is -0.0201. The Kier molecular flexibility index (Phi) is 5.97. The quantitative estimate of drug-likeness (QED) is 0.640. The molecule has 0 saturated carbocycles. The second-order valence-corrected chi connectivity index (χ2v) is 6.07. The number of hydrogen-bond donors (Lipinski definition) is 4. The van der Waals surface area contributed by atoms with Crippen molar-refractivity contribution in [3.8, 4) is 0 Å². The molecule has 1 aromatic rings. The van der Waals surface area contributed by atoms with Crippen LogP contribution in [-0.2, 0) is 4.79 Å². The zero-order valence-electron chi connectivity index (χ0n) is 11.8. The van der Waals surface area contributed by atoms with E-state index in [1.807, 2.05) is 26.8 Å². The number of aliphatic hydroxyl groups excluding tert-OH is 1. The van der Waals surface area contributed by atoms with Gasteiger partial charge in [-0.05, 0) is 32.4 Å². The van der Waals surface area contributed by atoms with E-state index in [-0.39, 0.29) is 19.1 Å². The fourth-order valence-electron chi connectivity index (χ4n) is 1.94. The number of nitrogens with one attached hydrogen (secondary N) is 2. The van der Waals surface area contributed by atoms with Crippen LogP contribution in [0.15, 0.2) is 6.07 Å². The first-order valence-corrected chi connectivity index (χ1v) is 7.14.